The molecule has 7 heteroatoms. The molecule has 0 unspecified atom stereocenters. The van der Waals surface area contributed by atoms with Crippen LogP contribution in [0.15, 0.2) is 53.6 Å². The summed E-state index contributed by atoms with van der Waals surface area (Å²) in [5, 5.41) is 13.0. The number of anilines is 1. The van der Waals surface area contributed by atoms with Gasteiger partial charge in [0.15, 0.2) is 0 Å². The largest absolute Gasteiger partial charge is 0.478 e. The Bertz CT molecular complexity index is 698. The summed E-state index contributed by atoms with van der Waals surface area (Å²) < 4.78 is 28.4. The number of hydrogen-bond donors (Lipinski definition) is 2. The fourth-order valence-electron chi connectivity index (χ4n) is 1.78. The zero-order chi connectivity index (χ0) is 16.8. The van der Waals surface area contributed by atoms with E-state index >= 15 is 0 Å². The van der Waals surface area contributed by atoms with E-state index in [2.05, 4.69) is 15.3 Å². The van der Waals surface area contributed by atoms with Crippen molar-refractivity contribution in [2.24, 2.45) is 5.10 Å². The molecule has 2 aromatic rings. The lowest BCUT2D eigenvalue weighted by Gasteiger charge is -2.06. The number of rotatable bonds is 6. The second kappa shape index (κ2) is 7.35. The first-order chi connectivity index (χ1) is 11.0. The van der Waals surface area contributed by atoms with E-state index in [-0.39, 0.29) is 11.3 Å². The maximum atomic E-state index is 12.1. The number of carboxylic acid groups (broad SMARTS) is 1. The van der Waals surface area contributed by atoms with Gasteiger partial charge in [-0.3, -0.25) is 5.43 Å². The molecule has 2 aromatic carbocycles. The summed E-state index contributed by atoms with van der Waals surface area (Å²) in [7, 11) is 0. The summed E-state index contributed by atoms with van der Waals surface area (Å²) in [5.74, 6) is -0.920. The van der Waals surface area contributed by atoms with Gasteiger partial charge in [0.2, 0.25) is 0 Å². The van der Waals surface area contributed by atoms with Crippen molar-refractivity contribution in [2.45, 2.75) is 13.5 Å². The summed E-state index contributed by atoms with van der Waals surface area (Å²) in [6, 6.07) is 12.2. The number of hydrazone groups is 1. The van der Waals surface area contributed by atoms with Crippen LogP contribution in [0.25, 0.3) is 0 Å². The Hall–Kier alpha value is -2.96. The lowest BCUT2D eigenvalue weighted by Crippen LogP contribution is -2.03. The van der Waals surface area contributed by atoms with Crippen molar-refractivity contribution < 1.29 is 23.4 Å². The Balaban J connectivity index is 2.03. The number of aromatic carboxylic acids is 1. The van der Waals surface area contributed by atoms with Gasteiger partial charge in [-0.1, -0.05) is 0 Å². The Labute approximate surface area is 131 Å². The van der Waals surface area contributed by atoms with Crippen LogP contribution in [-0.4, -0.2) is 23.4 Å². The molecule has 0 aliphatic carbocycles. The molecule has 0 amide bonds. The Morgan fingerprint density at radius 2 is 1.65 bits per heavy atom. The van der Waals surface area contributed by atoms with E-state index in [1.54, 1.807) is 31.2 Å². The van der Waals surface area contributed by atoms with E-state index in [1.165, 1.54) is 24.3 Å². The summed E-state index contributed by atoms with van der Waals surface area (Å²) in [6.45, 7) is -1.10. The maximum absolute atomic E-state index is 12.1. The molecule has 5 nitrogen and oxygen atoms in total. The highest BCUT2D eigenvalue weighted by Crippen LogP contribution is 2.16. The molecular weight excluding hydrogens is 306 g/mol. The summed E-state index contributed by atoms with van der Waals surface area (Å²) in [6.07, 6.45) is 0. The zero-order valence-electron chi connectivity index (χ0n) is 12.2. The molecule has 0 bridgehead atoms. The predicted molar refractivity (Wildman–Crippen MR) is 82.3 cm³/mol. The average Bonchev–Trinajstić information content (AvgIpc) is 2.53. The van der Waals surface area contributed by atoms with Crippen LogP contribution in [-0.2, 0) is 0 Å². The Kier molecular flexibility index (Phi) is 5.24. The van der Waals surface area contributed by atoms with E-state index in [1.807, 2.05) is 0 Å². The highest BCUT2D eigenvalue weighted by atomic mass is 19.3. The molecule has 2 rings (SSSR count). The third-order valence-corrected chi connectivity index (χ3v) is 2.98. The van der Waals surface area contributed by atoms with Crippen molar-refractivity contribution in [3.8, 4) is 5.75 Å². The fraction of sp³-hybridized carbons (Fsp3) is 0.125. The van der Waals surface area contributed by atoms with Crippen LogP contribution in [0.5, 0.6) is 5.75 Å². The topological polar surface area (TPSA) is 70.9 Å². The first-order valence-corrected chi connectivity index (χ1v) is 6.64. The lowest BCUT2D eigenvalue weighted by molar-refractivity contribution is -0.0498. The third kappa shape index (κ3) is 4.77. The molecule has 2 N–H and O–H groups in total. The van der Waals surface area contributed by atoms with E-state index in [0.29, 0.717) is 11.4 Å². The highest BCUT2D eigenvalue weighted by molar-refractivity contribution is 5.99. The lowest BCUT2D eigenvalue weighted by atomic mass is 10.1. The Morgan fingerprint density at radius 3 is 2.17 bits per heavy atom. The van der Waals surface area contributed by atoms with Crippen molar-refractivity contribution in [3.63, 3.8) is 0 Å². The monoisotopic (exact) mass is 320 g/mol. The van der Waals surface area contributed by atoms with Crippen LogP contribution < -0.4 is 10.2 Å². The SMILES string of the molecule is CC(=NNc1ccc(C(=O)O)cc1)c1ccc(OC(F)F)cc1. The number of carbonyl (C=O) groups is 1. The number of ether oxygens (including phenoxy) is 1. The number of benzene rings is 2. The summed E-state index contributed by atoms with van der Waals surface area (Å²) in [5.41, 5.74) is 4.99. The van der Waals surface area contributed by atoms with Gasteiger partial charge >= 0.3 is 12.6 Å². The number of nitrogens with one attached hydrogen (secondary N) is 1. The second-order valence-corrected chi connectivity index (χ2v) is 4.59. The molecule has 0 aliphatic rings. The minimum atomic E-state index is -2.86. The van der Waals surface area contributed by atoms with Crippen molar-refractivity contribution in [1.82, 2.24) is 0 Å². The van der Waals surface area contributed by atoms with Crippen molar-refractivity contribution in [3.05, 3.63) is 59.7 Å². The minimum Gasteiger partial charge on any atom is -0.478 e. The molecule has 0 spiro atoms. The van der Waals surface area contributed by atoms with Crippen LogP contribution in [0.3, 0.4) is 0 Å². The first-order valence-electron chi connectivity index (χ1n) is 6.64. The molecule has 120 valence electrons. The molecule has 0 atom stereocenters. The van der Waals surface area contributed by atoms with Crippen LogP contribution in [0.1, 0.15) is 22.8 Å². The number of nitrogens with zero attached hydrogens (tertiary/aromatic N) is 1. The minimum absolute atomic E-state index is 0.0776. The normalized spacial score (nSPS) is 11.4. The number of hydrogen-bond acceptors (Lipinski definition) is 4. The Morgan fingerprint density at radius 1 is 1.09 bits per heavy atom. The molecule has 0 heterocycles. The fourth-order valence-corrected chi connectivity index (χ4v) is 1.78. The van der Waals surface area contributed by atoms with Gasteiger partial charge < -0.3 is 9.84 Å². The third-order valence-electron chi connectivity index (χ3n) is 2.98. The van der Waals surface area contributed by atoms with Gasteiger partial charge in [0.1, 0.15) is 5.75 Å². The number of halogens is 2. The number of carboxylic acids is 1. The van der Waals surface area contributed by atoms with Crippen molar-refractivity contribution in [2.75, 3.05) is 5.43 Å². The molecule has 0 radical (unpaired) electrons. The molecule has 0 aromatic heterocycles. The molecule has 0 aliphatic heterocycles. The highest BCUT2D eigenvalue weighted by Gasteiger charge is 2.05. The van der Waals surface area contributed by atoms with Crippen molar-refractivity contribution >= 4 is 17.4 Å². The number of alkyl halides is 2. The van der Waals surface area contributed by atoms with Gasteiger partial charge in [-0.2, -0.15) is 13.9 Å². The second-order valence-electron chi connectivity index (χ2n) is 4.59. The van der Waals surface area contributed by atoms with E-state index in [4.69, 9.17) is 5.11 Å². The summed E-state index contributed by atoms with van der Waals surface area (Å²) in [4.78, 5) is 10.8. The molecule has 0 saturated carbocycles. The average molecular weight is 320 g/mol. The van der Waals surface area contributed by atoms with Crippen LogP contribution >= 0.6 is 0 Å². The summed E-state index contributed by atoms with van der Waals surface area (Å²) >= 11 is 0. The zero-order valence-corrected chi connectivity index (χ0v) is 12.2. The van der Waals surface area contributed by atoms with Gasteiger partial charge in [0.25, 0.3) is 0 Å². The van der Waals surface area contributed by atoms with E-state index < -0.39 is 12.6 Å². The van der Waals surface area contributed by atoms with Gasteiger partial charge in [-0.05, 0) is 61.0 Å². The molecule has 0 saturated heterocycles. The van der Waals surface area contributed by atoms with Gasteiger partial charge in [0.05, 0.1) is 17.0 Å². The van der Waals surface area contributed by atoms with Crippen LogP contribution in [0.4, 0.5) is 14.5 Å². The predicted octanol–water partition coefficient (Wildman–Crippen LogP) is 3.82. The van der Waals surface area contributed by atoms with Gasteiger partial charge in [0, 0.05) is 0 Å². The van der Waals surface area contributed by atoms with Crippen molar-refractivity contribution in [1.29, 1.82) is 0 Å². The molecule has 23 heavy (non-hydrogen) atoms. The first kappa shape index (κ1) is 16.4. The standard InChI is InChI=1S/C16H14F2N2O3/c1-10(11-4-8-14(9-5-11)23-16(17)18)19-20-13-6-2-12(3-7-13)15(21)22/h2-9,16,20H,1H3,(H,21,22). The smallest absolute Gasteiger partial charge is 0.387 e. The molecular formula is C16H14F2N2O3. The van der Waals surface area contributed by atoms with E-state index in [9.17, 15) is 13.6 Å². The van der Waals surface area contributed by atoms with Crippen LogP contribution in [0.2, 0.25) is 0 Å². The quantitative estimate of drug-likeness (QED) is 0.627. The van der Waals surface area contributed by atoms with E-state index in [0.717, 1.165) is 5.56 Å². The van der Waals surface area contributed by atoms with Gasteiger partial charge in [-0.15, -0.1) is 0 Å². The molecule has 0 fully saturated rings. The maximum Gasteiger partial charge on any atom is 0.387 e. The van der Waals surface area contributed by atoms with Gasteiger partial charge in [-0.25, -0.2) is 4.79 Å². The van der Waals surface area contributed by atoms with Crippen LogP contribution in [0, 0.1) is 0 Å².